The summed E-state index contributed by atoms with van der Waals surface area (Å²) in [5, 5.41) is 3.71. The number of rotatable bonds is 14. The van der Waals surface area contributed by atoms with Gasteiger partial charge in [0.05, 0.1) is 6.61 Å². The summed E-state index contributed by atoms with van der Waals surface area (Å²) in [6.45, 7) is 1.92. The van der Waals surface area contributed by atoms with Crippen LogP contribution in [0.1, 0.15) is 54.4 Å². The van der Waals surface area contributed by atoms with Gasteiger partial charge in [0.25, 0.3) is 5.91 Å². The Bertz CT molecular complexity index is 1030. The first-order valence-corrected chi connectivity index (χ1v) is 12.3. The molecule has 3 rings (SSSR count). The largest absolute Gasteiger partial charge is 1.00 e. The molecule has 0 atom stereocenters. The number of halogens is 2. The van der Waals surface area contributed by atoms with Crippen molar-refractivity contribution < 1.29 is 42.8 Å². The van der Waals surface area contributed by atoms with Crippen molar-refractivity contribution in [3.05, 3.63) is 89.2 Å². The molecule has 0 aliphatic rings. The van der Waals surface area contributed by atoms with Gasteiger partial charge in [0, 0.05) is 17.6 Å². The zero-order chi connectivity index (χ0) is 24.0. The van der Waals surface area contributed by atoms with Crippen molar-refractivity contribution in [3.63, 3.8) is 0 Å². The number of amides is 1. The van der Waals surface area contributed by atoms with E-state index in [1.54, 1.807) is 0 Å². The van der Waals surface area contributed by atoms with E-state index in [1.165, 1.54) is 12.8 Å². The molecule has 0 bridgehead atoms. The first kappa shape index (κ1) is 28.9. The molecule has 3 aromatic rings. The van der Waals surface area contributed by atoms with Crippen LogP contribution in [0.15, 0.2) is 73.1 Å². The zero-order valence-electron chi connectivity index (χ0n) is 20.2. The minimum absolute atomic E-state index is 0. The molecule has 2 aromatic carbocycles. The smallest absolute Gasteiger partial charge is 0.257 e. The Labute approximate surface area is 230 Å². The van der Waals surface area contributed by atoms with Gasteiger partial charge in [0.1, 0.15) is 30.7 Å². The average molecular weight is 609 g/mol. The first-order chi connectivity index (χ1) is 16.6. The SMILES string of the molecule is C[n+]1cccc(C(=O)NCCCCCCCCOc2ccc(OCc3cccc(Cl)c3)cc2)c1.[I-]. The quantitative estimate of drug-likeness (QED) is 0.174. The number of pyridine rings is 1. The molecular formula is C28H34ClIN2O3. The van der Waals surface area contributed by atoms with Crippen LogP contribution in [0, 0.1) is 0 Å². The van der Waals surface area contributed by atoms with Gasteiger partial charge in [0.15, 0.2) is 12.4 Å². The van der Waals surface area contributed by atoms with E-state index < -0.39 is 0 Å². The van der Waals surface area contributed by atoms with Crippen LogP contribution in [0.5, 0.6) is 11.5 Å². The molecule has 0 saturated carbocycles. The Kier molecular flexibility index (Phi) is 13.5. The summed E-state index contributed by atoms with van der Waals surface area (Å²) in [5.74, 6) is 1.66. The number of aromatic nitrogens is 1. The fraction of sp³-hybridized carbons (Fsp3) is 0.357. The molecule has 0 spiro atoms. The van der Waals surface area contributed by atoms with Gasteiger partial charge < -0.3 is 38.8 Å². The Morgan fingerprint density at radius 2 is 1.57 bits per heavy atom. The second-order valence-electron chi connectivity index (χ2n) is 8.37. The van der Waals surface area contributed by atoms with Crippen LogP contribution in [0.4, 0.5) is 0 Å². The third kappa shape index (κ3) is 11.3. The van der Waals surface area contributed by atoms with Crippen molar-refractivity contribution in [2.24, 2.45) is 7.05 Å². The molecule has 35 heavy (non-hydrogen) atoms. The fourth-order valence-electron chi connectivity index (χ4n) is 3.58. The Balaban J connectivity index is 0.00000432. The number of nitrogens with zero attached hydrogens (tertiary/aromatic N) is 1. The summed E-state index contributed by atoms with van der Waals surface area (Å²) >= 11 is 6.00. The molecule has 0 fully saturated rings. The number of hydrogen-bond donors (Lipinski definition) is 1. The molecule has 5 nitrogen and oxygen atoms in total. The second-order valence-corrected chi connectivity index (χ2v) is 8.81. The highest BCUT2D eigenvalue weighted by Crippen LogP contribution is 2.20. The molecule has 1 aromatic heterocycles. The van der Waals surface area contributed by atoms with Crippen molar-refractivity contribution in [1.82, 2.24) is 5.32 Å². The number of carbonyl (C=O) groups excluding carboxylic acids is 1. The number of nitrogens with one attached hydrogen (secondary N) is 1. The fourth-order valence-corrected chi connectivity index (χ4v) is 3.79. The van der Waals surface area contributed by atoms with Gasteiger partial charge in [-0.05, 0) is 60.9 Å². The van der Waals surface area contributed by atoms with E-state index in [2.05, 4.69) is 5.32 Å². The highest BCUT2D eigenvalue weighted by atomic mass is 127. The van der Waals surface area contributed by atoms with Crippen LogP contribution in [0.25, 0.3) is 0 Å². The summed E-state index contributed by atoms with van der Waals surface area (Å²) in [6, 6.07) is 19.1. The third-order valence-corrected chi connectivity index (χ3v) is 5.68. The van der Waals surface area contributed by atoms with Crippen molar-refractivity contribution >= 4 is 17.5 Å². The summed E-state index contributed by atoms with van der Waals surface area (Å²) in [7, 11) is 1.91. The maximum atomic E-state index is 12.1. The highest BCUT2D eigenvalue weighted by Gasteiger charge is 2.07. The van der Waals surface area contributed by atoms with Gasteiger partial charge in [-0.1, -0.05) is 49.4 Å². The van der Waals surface area contributed by atoms with Crippen molar-refractivity contribution in [2.75, 3.05) is 13.2 Å². The summed E-state index contributed by atoms with van der Waals surface area (Å²) in [6.07, 6.45) is 10.4. The predicted octanol–water partition coefficient (Wildman–Crippen LogP) is 2.90. The van der Waals surface area contributed by atoms with Crippen LogP contribution in [-0.2, 0) is 13.7 Å². The summed E-state index contributed by atoms with van der Waals surface area (Å²) < 4.78 is 13.5. The molecule has 0 unspecified atom stereocenters. The van der Waals surface area contributed by atoms with E-state index >= 15 is 0 Å². The molecule has 0 aliphatic heterocycles. The topological polar surface area (TPSA) is 51.4 Å². The van der Waals surface area contributed by atoms with Crippen LogP contribution in [0.2, 0.25) is 5.02 Å². The molecule has 0 aliphatic carbocycles. The number of ether oxygens (including phenoxy) is 2. The van der Waals surface area contributed by atoms with E-state index in [9.17, 15) is 4.79 Å². The summed E-state index contributed by atoms with van der Waals surface area (Å²) in [5.41, 5.74) is 1.74. The van der Waals surface area contributed by atoms with Crippen molar-refractivity contribution in [2.45, 2.75) is 45.1 Å². The second kappa shape index (κ2) is 16.4. The molecule has 1 N–H and O–H groups in total. The van der Waals surface area contributed by atoms with E-state index in [0.717, 1.165) is 49.3 Å². The minimum atomic E-state index is -0.00551. The molecule has 0 radical (unpaired) electrons. The maximum absolute atomic E-state index is 12.1. The zero-order valence-corrected chi connectivity index (χ0v) is 23.1. The van der Waals surface area contributed by atoms with Gasteiger partial charge in [-0.2, -0.15) is 0 Å². The monoisotopic (exact) mass is 608 g/mol. The lowest BCUT2D eigenvalue weighted by atomic mass is 10.1. The summed E-state index contributed by atoms with van der Waals surface area (Å²) in [4.78, 5) is 12.1. The Morgan fingerprint density at radius 1 is 0.886 bits per heavy atom. The standard InChI is InChI=1S/C28H33ClN2O3.HI/c1-31-18-9-11-24(21-31)28(32)30-17-6-4-2-3-5-7-19-33-26-13-15-27(16-14-26)34-22-23-10-8-12-25(29)20-23;/h8-16,18,20-21H,2-7,17,19,22H2,1H3;1H. The third-order valence-electron chi connectivity index (χ3n) is 5.45. The van der Waals surface area contributed by atoms with E-state index in [-0.39, 0.29) is 29.9 Å². The van der Waals surface area contributed by atoms with Gasteiger partial charge in [0.2, 0.25) is 0 Å². The van der Waals surface area contributed by atoms with Gasteiger partial charge in [-0.3, -0.25) is 4.79 Å². The molecule has 188 valence electrons. The lowest BCUT2D eigenvalue weighted by molar-refractivity contribution is -0.671. The number of aryl methyl sites for hydroxylation is 1. The van der Waals surface area contributed by atoms with Crippen LogP contribution < -0.4 is 43.3 Å². The Morgan fingerprint density at radius 3 is 2.29 bits per heavy atom. The predicted molar refractivity (Wildman–Crippen MR) is 135 cm³/mol. The van der Waals surface area contributed by atoms with Crippen LogP contribution in [0.3, 0.4) is 0 Å². The number of carbonyl (C=O) groups is 1. The lowest BCUT2D eigenvalue weighted by Gasteiger charge is -2.09. The van der Waals surface area contributed by atoms with Gasteiger partial charge in [-0.25, -0.2) is 4.57 Å². The van der Waals surface area contributed by atoms with Crippen molar-refractivity contribution in [3.8, 4) is 11.5 Å². The average Bonchev–Trinajstić information content (AvgIpc) is 2.84. The molecular weight excluding hydrogens is 575 g/mol. The Hall–Kier alpha value is -2.32. The van der Waals surface area contributed by atoms with E-state index in [1.807, 2.05) is 84.7 Å². The first-order valence-electron chi connectivity index (χ1n) is 11.9. The van der Waals surface area contributed by atoms with E-state index in [4.69, 9.17) is 21.1 Å². The number of unbranched alkanes of at least 4 members (excludes halogenated alkanes) is 5. The van der Waals surface area contributed by atoms with Gasteiger partial charge in [-0.15, -0.1) is 0 Å². The van der Waals surface area contributed by atoms with Crippen molar-refractivity contribution in [1.29, 1.82) is 0 Å². The molecule has 1 heterocycles. The normalized spacial score (nSPS) is 10.3. The lowest BCUT2D eigenvalue weighted by Crippen LogP contribution is -3.00. The number of benzene rings is 2. The van der Waals surface area contributed by atoms with Crippen LogP contribution >= 0.6 is 11.6 Å². The number of hydrogen-bond acceptors (Lipinski definition) is 3. The maximum Gasteiger partial charge on any atom is 0.257 e. The molecule has 1 amide bonds. The minimum Gasteiger partial charge on any atom is -1.00 e. The highest BCUT2D eigenvalue weighted by molar-refractivity contribution is 6.30. The molecule has 7 heteroatoms. The van der Waals surface area contributed by atoms with Crippen LogP contribution in [-0.4, -0.2) is 19.1 Å². The van der Waals surface area contributed by atoms with E-state index in [0.29, 0.717) is 23.8 Å². The molecule has 0 saturated heterocycles. The van der Waals surface area contributed by atoms with Gasteiger partial charge >= 0.3 is 0 Å².